The molecular weight excluding hydrogens is 993 g/mol. The van der Waals surface area contributed by atoms with Gasteiger partial charge in [0.2, 0.25) is 15.8 Å². The van der Waals surface area contributed by atoms with Crippen LogP contribution in [0, 0.1) is 29.6 Å². The van der Waals surface area contributed by atoms with Gasteiger partial charge >= 0.3 is 11.9 Å². The number of fused-ring (bicyclic) bond motifs is 2. The number of likely N-dealkylation sites (N-methyl/N-ethyl adjacent to an activating group) is 1. The second-order valence-electron chi connectivity index (χ2n) is 20.8. The third kappa shape index (κ3) is 19.8. The number of esters is 2. The molecule has 20 heteroatoms. The van der Waals surface area contributed by atoms with Gasteiger partial charge in [0.15, 0.2) is 11.5 Å². The summed E-state index contributed by atoms with van der Waals surface area (Å²) in [6, 6.07) is -2.40. The minimum Gasteiger partial charge on any atom is -0.465 e. The number of carbonyl (C=O) groups is 6. The van der Waals surface area contributed by atoms with Crippen molar-refractivity contribution in [1.82, 2.24) is 9.62 Å². The maximum atomic E-state index is 14.2. The second kappa shape index (κ2) is 31.4. The lowest BCUT2D eigenvalue weighted by molar-refractivity contribution is -0.263. The van der Waals surface area contributed by atoms with Crippen LogP contribution in [0.5, 0.6) is 0 Å². The Balaban J connectivity index is 2.04. The minimum absolute atomic E-state index is 0.0303. The molecule has 426 valence electrons. The molecule has 14 atom stereocenters. The van der Waals surface area contributed by atoms with Crippen molar-refractivity contribution in [3.63, 3.8) is 0 Å². The van der Waals surface area contributed by atoms with Crippen molar-refractivity contribution >= 4 is 45.2 Å². The van der Waals surface area contributed by atoms with Crippen LogP contribution in [0.25, 0.3) is 0 Å². The van der Waals surface area contributed by atoms with Crippen molar-refractivity contribution in [1.29, 1.82) is 0 Å². The third-order valence-electron chi connectivity index (χ3n) is 14.9. The summed E-state index contributed by atoms with van der Waals surface area (Å²) in [7, 11) is 1.54. The van der Waals surface area contributed by atoms with Crippen molar-refractivity contribution in [3.8, 4) is 0 Å². The fourth-order valence-electron chi connectivity index (χ4n) is 9.86. The SMILES string of the molecule is CCOC(=O)CS(=O)(=O)NC1C[C@H]2CC[C@H](C)[C@](O)(O2)C(=O)C(=O)N(C)C(C)C(=O)OC([C@H](C)C[C@@H]2CC[C@@H](OCCCOC)[C@H](OC)C2)CC(=O)C(C)/C=C(\C)C(O)C(OC)C(=O)C(C)CC/C=C/C=C/C=C/1C. The highest BCUT2D eigenvalue weighted by atomic mass is 32.2. The molecule has 75 heavy (non-hydrogen) atoms. The number of allylic oxidation sites excluding steroid dienone is 6. The number of rotatable bonds is 15. The van der Waals surface area contributed by atoms with Crippen molar-refractivity contribution in [2.45, 2.75) is 181 Å². The number of Topliss-reactive ketones (excluding diaryl/α,β-unsaturated/α-hetero) is 3. The predicted octanol–water partition coefficient (Wildman–Crippen LogP) is 5.30. The molecule has 3 N–H and O–H groups in total. The van der Waals surface area contributed by atoms with E-state index in [1.54, 1.807) is 86.1 Å². The van der Waals surface area contributed by atoms with E-state index >= 15 is 0 Å². The van der Waals surface area contributed by atoms with E-state index < -0.39 is 105 Å². The number of cyclic esters (lactones) is 1. The number of sulfonamides is 1. The first-order valence-corrected chi connectivity index (χ1v) is 28.2. The molecule has 1 saturated heterocycles. The molecule has 2 fully saturated rings. The van der Waals surface area contributed by atoms with Gasteiger partial charge in [0.1, 0.15) is 30.1 Å². The smallest absolute Gasteiger partial charge is 0.328 e. The van der Waals surface area contributed by atoms with E-state index in [0.717, 1.165) is 24.2 Å². The van der Waals surface area contributed by atoms with E-state index in [4.69, 9.17) is 33.2 Å². The Morgan fingerprint density at radius 1 is 0.920 bits per heavy atom. The number of hydrogen-bond donors (Lipinski definition) is 3. The monoisotopic (exact) mass is 1080 g/mol. The van der Waals surface area contributed by atoms with Crippen LogP contribution in [-0.4, -0.2) is 167 Å². The number of amides is 1. The average Bonchev–Trinajstić information content (AvgIpc) is 3.36. The molecule has 3 rings (SSSR count). The van der Waals surface area contributed by atoms with Crippen LogP contribution in [0.15, 0.2) is 47.6 Å². The number of carbonyl (C=O) groups excluding carboxylic acids is 6. The van der Waals surface area contributed by atoms with Crippen molar-refractivity contribution < 1.29 is 80.6 Å². The number of nitrogens with one attached hydrogen (secondary N) is 1. The lowest BCUT2D eigenvalue weighted by atomic mass is 9.78. The number of aliphatic hydroxyl groups excluding tert-OH is 1. The molecular formula is C55H88N2O17S. The first kappa shape index (κ1) is 65.3. The van der Waals surface area contributed by atoms with Crippen molar-refractivity contribution in [2.75, 3.05) is 54.0 Å². The molecule has 1 amide bonds. The maximum absolute atomic E-state index is 14.2. The summed E-state index contributed by atoms with van der Waals surface area (Å²) in [5, 5.41) is 23.4. The Morgan fingerprint density at radius 2 is 1.63 bits per heavy atom. The summed E-state index contributed by atoms with van der Waals surface area (Å²) in [6.45, 7) is 14.1. The van der Waals surface area contributed by atoms with Gasteiger partial charge in [0, 0.05) is 71.8 Å². The topological polar surface area (TPSA) is 257 Å². The molecule has 0 aromatic rings. The van der Waals surface area contributed by atoms with Crippen LogP contribution in [0.2, 0.25) is 0 Å². The fourth-order valence-corrected chi connectivity index (χ4v) is 11.0. The summed E-state index contributed by atoms with van der Waals surface area (Å²) in [6.07, 6.45) is 9.83. The van der Waals surface area contributed by atoms with E-state index in [0.29, 0.717) is 50.0 Å². The number of ketones is 3. The summed E-state index contributed by atoms with van der Waals surface area (Å²) >= 11 is 0. The zero-order valence-electron chi connectivity index (χ0n) is 46.4. The lowest BCUT2D eigenvalue weighted by Crippen LogP contribution is -2.59. The first-order chi connectivity index (χ1) is 35.3. The third-order valence-corrected chi connectivity index (χ3v) is 16.2. The van der Waals surface area contributed by atoms with Crippen LogP contribution in [0.4, 0.5) is 0 Å². The molecule has 0 aromatic heterocycles. The number of hydrogen-bond acceptors (Lipinski definition) is 17. The van der Waals surface area contributed by atoms with Gasteiger partial charge in [0.05, 0.1) is 24.9 Å². The van der Waals surface area contributed by atoms with Gasteiger partial charge in [-0.25, -0.2) is 17.9 Å². The first-order valence-electron chi connectivity index (χ1n) is 26.5. The molecule has 3 aliphatic rings. The molecule has 2 aliphatic heterocycles. The highest BCUT2D eigenvalue weighted by molar-refractivity contribution is 7.90. The van der Waals surface area contributed by atoms with Gasteiger partial charge in [-0.1, -0.05) is 69.7 Å². The molecule has 0 radical (unpaired) electrons. The molecule has 19 nitrogen and oxygen atoms in total. The van der Waals surface area contributed by atoms with Gasteiger partial charge in [-0.3, -0.25) is 24.0 Å². The lowest BCUT2D eigenvalue weighted by Gasteiger charge is -2.42. The van der Waals surface area contributed by atoms with Gasteiger partial charge in [-0.05, 0) is 109 Å². The maximum Gasteiger partial charge on any atom is 0.328 e. The highest BCUT2D eigenvalue weighted by Crippen LogP contribution is 2.37. The quantitative estimate of drug-likeness (QED) is 0.0814. The number of aliphatic hydroxyl groups is 2. The van der Waals surface area contributed by atoms with Crippen LogP contribution in [0.1, 0.15) is 126 Å². The summed E-state index contributed by atoms with van der Waals surface area (Å²) < 4.78 is 68.9. The van der Waals surface area contributed by atoms with E-state index in [1.165, 1.54) is 21.1 Å². The van der Waals surface area contributed by atoms with Crippen LogP contribution >= 0.6 is 0 Å². The fraction of sp³-hybridized carbons (Fsp3) is 0.745. The molecule has 0 spiro atoms. The van der Waals surface area contributed by atoms with Crippen LogP contribution in [-0.2, 0) is 71.9 Å². The second-order valence-corrected chi connectivity index (χ2v) is 22.5. The van der Waals surface area contributed by atoms with Gasteiger partial charge < -0.3 is 48.3 Å². The Kier molecular flexibility index (Phi) is 27.4. The molecule has 7 unspecified atom stereocenters. The van der Waals surface area contributed by atoms with Gasteiger partial charge in [-0.2, -0.15) is 0 Å². The van der Waals surface area contributed by atoms with E-state index in [-0.39, 0.29) is 62.0 Å². The van der Waals surface area contributed by atoms with Crippen LogP contribution < -0.4 is 4.72 Å². The van der Waals surface area contributed by atoms with Crippen molar-refractivity contribution in [2.24, 2.45) is 29.6 Å². The van der Waals surface area contributed by atoms with Gasteiger partial charge in [-0.15, -0.1) is 0 Å². The van der Waals surface area contributed by atoms with E-state index in [9.17, 15) is 47.4 Å². The highest BCUT2D eigenvalue weighted by Gasteiger charge is 2.52. The largest absolute Gasteiger partial charge is 0.465 e. The number of methoxy groups -OCH3 is 3. The zero-order valence-corrected chi connectivity index (χ0v) is 47.3. The zero-order chi connectivity index (χ0) is 56.2. The van der Waals surface area contributed by atoms with Crippen LogP contribution in [0.3, 0.4) is 0 Å². The Hall–Kier alpha value is -3.99. The average molecular weight is 1080 g/mol. The number of ether oxygens (including phenoxy) is 7. The van der Waals surface area contributed by atoms with E-state index in [2.05, 4.69) is 4.72 Å². The molecule has 1 aliphatic carbocycles. The van der Waals surface area contributed by atoms with E-state index in [1.807, 2.05) is 13.0 Å². The Labute approximate surface area is 445 Å². The molecule has 2 bridgehead atoms. The molecule has 0 aromatic carbocycles. The van der Waals surface area contributed by atoms with Crippen molar-refractivity contribution in [3.05, 3.63) is 47.6 Å². The molecule has 1 saturated carbocycles. The normalized spacial score (nSPS) is 34.9. The predicted molar refractivity (Wildman–Crippen MR) is 280 cm³/mol. The molecule has 2 heterocycles. The summed E-state index contributed by atoms with van der Waals surface area (Å²) in [5.74, 6) is -11.2. The minimum atomic E-state index is -4.29. The summed E-state index contributed by atoms with van der Waals surface area (Å²) in [4.78, 5) is 83.4. The number of nitrogens with zero attached hydrogens (tertiary/aromatic N) is 1. The summed E-state index contributed by atoms with van der Waals surface area (Å²) in [5.41, 5.74) is 0.823. The Bertz CT molecular complexity index is 2140. The van der Waals surface area contributed by atoms with Gasteiger partial charge in [0.25, 0.3) is 11.7 Å². The standard InChI is InChI=1S/C55H88N2O17S/c1-13-71-48(59)33-75(66,67)56-43-31-42-24-22-39(7)55(65,74-42)52(62)53(63)57(9)40(8)54(64)73-46(37(5)29-41-23-25-45(47(30-41)69-11)72-27-19-26-68-10)32-44(58)36(4)28-38(6)50(61)51(70-12)49(60)35(3)21-18-16-14-15-17-20-34(43)2/h14-17,20,28,35-37,39-43,45-47,50-51,56,61,65H,13,18-19,21-27,29-33H2,1-12H3/b16-14+,17-15+,34-20+,38-28+/t35?,36?,37-,39+,40?,41+,42-,43?,45-,46?,47-,50?,51?,55+/m1/s1. The Morgan fingerprint density at radius 3 is 2.28 bits per heavy atom.